The minimum atomic E-state index is -6.43. The van der Waals surface area contributed by atoms with Crippen molar-refractivity contribution in [1.82, 2.24) is 0 Å². The normalized spacial score (nSPS) is 13.8. The molecule has 1 rings (SSSR count). The number of hydrogen-bond acceptors (Lipinski definition) is 6. The number of aromatic hydroxyl groups is 1. The van der Waals surface area contributed by atoms with E-state index in [9.17, 15) is 44.1 Å². The molecule has 0 aromatic heterocycles. The van der Waals surface area contributed by atoms with Crippen LogP contribution in [0.2, 0.25) is 0 Å². The van der Waals surface area contributed by atoms with Crippen LogP contribution in [0.15, 0.2) is 30.3 Å². The number of halogens is 6. The van der Waals surface area contributed by atoms with Gasteiger partial charge in [0.1, 0.15) is 5.75 Å². The molecule has 0 amide bonds. The smallest absolute Gasteiger partial charge is 0.438 e. The predicted octanol–water partition coefficient (Wildman–Crippen LogP) is 2.36. The number of rotatable bonds is 5. The standard InChI is InChI=1S/C13H10F6O6S/c14-12(15,16)11(13(17,18)19,7-26(22,23)24)25-10(21)6-3-8-1-4-9(20)5-2-8/h1-6,20H,7H2,(H,22,23,24)/p-1/b6-3+. The monoisotopic (exact) mass is 407 g/mol. The van der Waals surface area contributed by atoms with Gasteiger partial charge in [-0.15, -0.1) is 0 Å². The highest BCUT2D eigenvalue weighted by molar-refractivity contribution is 7.85. The molecule has 0 atom stereocenters. The van der Waals surface area contributed by atoms with Crippen molar-refractivity contribution < 1.29 is 54.0 Å². The predicted molar refractivity (Wildman–Crippen MR) is 72.6 cm³/mol. The van der Waals surface area contributed by atoms with E-state index in [4.69, 9.17) is 5.11 Å². The maximum atomic E-state index is 12.9. The fourth-order valence-electron chi connectivity index (χ4n) is 1.67. The van der Waals surface area contributed by atoms with Crippen LogP contribution in [-0.2, 0) is 19.6 Å². The van der Waals surface area contributed by atoms with Gasteiger partial charge in [0.25, 0.3) is 0 Å². The van der Waals surface area contributed by atoms with E-state index in [0.717, 1.165) is 18.2 Å². The van der Waals surface area contributed by atoms with Crippen molar-refractivity contribution in [2.75, 3.05) is 5.75 Å². The van der Waals surface area contributed by atoms with Crippen LogP contribution in [0.1, 0.15) is 5.56 Å². The van der Waals surface area contributed by atoms with Crippen LogP contribution in [0, 0.1) is 0 Å². The Kier molecular flexibility index (Phi) is 5.98. The summed E-state index contributed by atoms with van der Waals surface area (Å²) in [4.78, 5) is 11.4. The second-order valence-corrected chi connectivity index (χ2v) is 6.27. The average Bonchev–Trinajstić information content (AvgIpc) is 2.42. The van der Waals surface area contributed by atoms with Gasteiger partial charge in [-0.2, -0.15) is 26.3 Å². The number of ether oxygens (including phenoxy) is 1. The van der Waals surface area contributed by atoms with E-state index in [1.54, 1.807) is 0 Å². The third-order valence-electron chi connectivity index (χ3n) is 2.88. The highest BCUT2D eigenvalue weighted by Crippen LogP contribution is 2.46. The van der Waals surface area contributed by atoms with Crippen LogP contribution < -0.4 is 0 Å². The Hall–Kier alpha value is -2.28. The third-order valence-corrected chi connectivity index (χ3v) is 3.64. The molecule has 0 saturated carbocycles. The largest absolute Gasteiger partial charge is 0.748 e. The molecule has 0 aliphatic heterocycles. The van der Waals surface area contributed by atoms with Gasteiger partial charge in [0.05, 0.1) is 15.9 Å². The van der Waals surface area contributed by atoms with Gasteiger partial charge >= 0.3 is 23.9 Å². The van der Waals surface area contributed by atoms with E-state index in [-0.39, 0.29) is 17.4 Å². The summed E-state index contributed by atoms with van der Waals surface area (Å²) in [5.41, 5.74) is -5.42. The Morgan fingerprint density at radius 3 is 1.92 bits per heavy atom. The van der Waals surface area contributed by atoms with Crippen molar-refractivity contribution in [2.24, 2.45) is 0 Å². The lowest BCUT2D eigenvalue weighted by molar-refractivity contribution is -0.360. The van der Waals surface area contributed by atoms with Crippen LogP contribution in [0.25, 0.3) is 6.08 Å². The van der Waals surface area contributed by atoms with Gasteiger partial charge in [-0.25, -0.2) is 13.2 Å². The van der Waals surface area contributed by atoms with E-state index >= 15 is 0 Å². The van der Waals surface area contributed by atoms with Gasteiger partial charge in [0.2, 0.25) is 0 Å². The van der Waals surface area contributed by atoms with Crippen molar-refractivity contribution in [3.63, 3.8) is 0 Å². The van der Waals surface area contributed by atoms with Crippen molar-refractivity contribution >= 4 is 22.2 Å². The van der Waals surface area contributed by atoms with Crippen LogP contribution in [-0.4, -0.2) is 47.8 Å². The molecule has 0 fully saturated rings. The molecule has 0 unspecified atom stereocenters. The van der Waals surface area contributed by atoms with Gasteiger partial charge in [-0.05, 0) is 23.8 Å². The summed E-state index contributed by atoms with van der Waals surface area (Å²) in [6.45, 7) is 0. The molecule has 13 heteroatoms. The summed E-state index contributed by atoms with van der Waals surface area (Å²) < 4.78 is 113. The number of esters is 1. The van der Waals surface area contributed by atoms with E-state index in [2.05, 4.69) is 4.74 Å². The van der Waals surface area contributed by atoms with E-state index in [1.165, 1.54) is 12.1 Å². The summed E-state index contributed by atoms with van der Waals surface area (Å²) in [5, 5.41) is 9.02. The second-order valence-electron chi connectivity index (χ2n) is 4.87. The van der Waals surface area contributed by atoms with E-state index in [0.29, 0.717) is 0 Å². The quantitative estimate of drug-likeness (QED) is 0.348. The summed E-state index contributed by atoms with van der Waals surface area (Å²) in [6.07, 6.45) is -11.9. The lowest BCUT2D eigenvalue weighted by Gasteiger charge is -2.36. The maximum Gasteiger partial charge on any atom is 0.438 e. The Balaban J connectivity index is 3.23. The zero-order valence-electron chi connectivity index (χ0n) is 12.3. The van der Waals surface area contributed by atoms with Gasteiger partial charge in [-0.1, -0.05) is 12.1 Å². The Morgan fingerprint density at radius 1 is 1.08 bits per heavy atom. The van der Waals surface area contributed by atoms with Crippen molar-refractivity contribution in [3.05, 3.63) is 35.9 Å². The van der Waals surface area contributed by atoms with Gasteiger partial charge in [-0.3, -0.25) is 0 Å². The molecule has 1 N–H and O–H groups in total. The molecular weight excluding hydrogens is 398 g/mol. The minimum absolute atomic E-state index is 0.0980. The molecule has 0 spiro atoms. The van der Waals surface area contributed by atoms with Crippen LogP contribution >= 0.6 is 0 Å². The highest BCUT2D eigenvalue weighted by Gasteiger charge is 2.75. The zero-order valence-corrected chi connectivity index (χ0v) is 13.2. The fraction of sp³-hybridized carbons (Fsp3) is 0.308. The highest BCUT2D eigenvalue weighted by atomic mass is 32.2. The van der Waals surface area contributed by atoms with Crippen molar-refractivity contribution in [3.8, 4) is 5.75 Å². The van der Waals surface area contributed by atoms with Crippen LogP contribution in [0.4, 0.5) is 26.3 Å². The average molecular weight is 407 g/mol. The zero-order chi connectivity index (χ0) is 20.4. The first-order chi connectivity index (χ1) is 11.6. The Labute approximate surface area is 142 Å². The number of carbonyl (C=O) groups is 1. The SMILES string of the molecule is O=C(/C=C/c1ccc(O)cc1)OC(CS(=O)(=O)[O-])(C(F)(F)F)C(F)(F)F. The van der Waals surface area contributed by atoms with Gasteiger partial charge in [0.15, 0.2) is 0 Å². The molecule has 0 saturated heterocycles. The Morgan fingerprint density at radius 2 is 1.54 bits per heavy atom. The number of alkyl halides is 6. The summed E-state index contributed by atoms with van der Waals surface area (Å²) in [5.74, 6) is -5.44. The van der Waals surface area contributed by atoms with Crippen molar-refractivity contribution in [1.29, 1.82) is 0 Å². The van der Waals surface area contributed by atoms with Gasteiger partial charge in [0, 0.05) is 6.08 Å². The number of phenols is 1. The number of carbonyl (C=O) groups excluding carboxylic acids is 1. The molecule has 26 heavy (non-hydrogen) atoms. The lowest BCUT2D eigenvalue weighted by atomic mass is 10.1. The van der Waals surface area contributed by atoms with Gasteiger partial charge < -0.3 is 14.4 Å². The first-order valence-electron chi connectivity index (χ1n) is 6.34. The van der Waals surface area contributed by atoms with Crippen molar-refractivity contribution in [2.45, 2.75) is 18.0 Å². The molecule has 1 aromatic carbocycles. The molecule has 0 aliphatic carbocycles. The molecular formula is C13H9F6O6S-. The number of benzene rings is 1. The summed E-state index contributed by atoms with van der Waals surface area (Å²) in [6, 6.07) is 4.57. The third kappa shape index (κ3) is 5.36. The van der Waals surface area contributed by atoms with Crippen LogP contribution in [0.5, 0.6) is 5.75 Å². The minimum Gasteiger partial charge on any atom is -0.748 e. The first-order valence-corrected chi connectivity index (χ1v) is 7.92. The van der Waals surface area contributed by atoms with Crippen LogP contribution in [0.3, 0.4) is 0 Å². The fourth-order valence-corrected chi connectivity index (χ4v) is 2.56. The summed E-state index contributed by atoms with van der Waals surface area (Å²) >= 11 is 0. The Bertz CT molecular complexity index is 765. The molecule has 0 aliphatic rings. The molecule has 146 valence electrons. The molecule has 0 bridgehead atoms. The van der Waals surface area contributed by atoms with E-state index in [1.807, 2.05) is 0 Å². The molecule has 6 nitrogen and oxygen atoms in total. The second kappa shape index (κ2) is 7.15. The number of phenolic OH excluding ortho intramolecular Hbond substituents is 1. The number of hydrogen-bond donors (Lipinski definition) is 1. The molecule has 1 aromatic rings. The lowest BCUT2D eigenvalue weighted by Crippen LogP contribution is -2.63. The molecule has 0 radical (unpaired) electrons. The summed E-state index contributed by atoms with van der Waals surface area (Å²) in [7, 11) is -6.08. The topological polar surface area (TPSA) is 104 Å². The molecule has 0 heterocycles. The van der Waals surface area contributed by atoms with E-state index < -0.39 is 39.8 Å². The first kappa shape index (κ1) is 21.8. The maximum absolute atomic E-state index is 12.9.